The molecule has 1 aliphatic heterocycles. The highest BCUT2D eigenvalue weighted by molar-refractivity contribution is 5.94. The van der Waals surface area contributed by atoms with Crippen molar-refractivity contribution in [3.63, 3.8) is 0 Å². The summed E-state index contributed by atoms with van der Waals surface area (Å²) in [6.07, 6.45) is -4.45. The molecule has 156 valence electrons. The number of quaternary nitrogens is 2. The summed E-state index contributed by atoms with van der Waals surface area (Å²) in [6.45, 7) is 5.00. The van der Waals surface area contributed by atoms with Gasteiger partial charge in [0.15, 0.2) is 6.04 Å². The predicted octanol–water partition coefficient (Wildman–Crippen LogP) is 0.864. The van der Waals surface area contributed by atoms with Gasteiger partial charge in [-0.2, -0.15) is 13.2 Å². The van der Waals surface area contributed by atoms with Crippen molar-refractivity contribution in [3.8, 4) is 0 Å². The predicted molar refractivity (Wildman–Crippen MR) is 102 cm³/mol. The van der Waals surface area contributed by atoms with E-state index in [1.54, 1.807) is 0 Å². The lowest BCUT2D eigenvalue weighted by Gasteiger charge is -2.24. The third kappa shape index (κ3) is 6.28. The fraction of sp³-hybridized carbons (Fsp3) is 0.381. The van der Waals surface area contributed by atoms with Crippen molar-refractivity contribution < 1.29 is 32.9 Å². The molecule has 29 heavy (non-hydrogen) atoms. The van der Waals surface area contributed by atoms with Gasteiger partial charge in [0, 0.05) is 11.3 Å². The summed E-state index contributed by atoms with van der Waals surface area (Å²) >= 11 is 0. The molecule has 0 saturated carbocycles. The number of anilines is 1. The molecule has 0 aliphatic carbocycles. The lowest BCUT2D eigenvalue weighted by atomic mass is 10.1. The molecule has 0 spiro atoms. The van der Waals surface area contributed by atoms with Crippen LogP contribution in [0.25, 0.3) is 0 Å². The Labute approximate surface area is 167 Å². The minimum Gasteiger partial charge on any atom is -0.370 e. The lowest BCUT2D eigenvalue weighted by Crippen LogP contribution is -3.16. The maximum absolute atomic E-state index is 12.9. The van der Waals surface area contributed by atoms with Gasteiger partial charge in [-0.15, -0.1) is 0 Å². The first-order valence-corrected chi connectivity index (χ1v) is 9.71. The number of alkyl halides is 3. The van der Waals surface area contributed by atoms with Crippen LogP contribution >= 0.6 is 0 Å². The Kier molecular flexibility index (Phi) is 7.24. The first kappa shape index (κ1) is 21.3. The third-order valence-corrected chi connectivity index (χ3v) is 5.00. The Morgan fingerprint density at radius 2 is 1.83 bits per heavy atom. The van der Waals surface area contributed by atoms with Crippen molar-refractivity contribution >= 4 is 11.6 Å². The third-order valence-electron chi connectivity index (χ3n) is 5.00. The molecule has 0 unspecified atom stereocenters. The topological polar surface area (TPSA) is 59.4 Å². The van der Waals surface area contributed by atoms with E-state index in [0.717, 1.165) is 57.1 Å². The molecule has 1 aliphatic rings. The van der Waals surface area contributed by atoms with Gasteiger partial charge in [-0.3, -0.25) is 4.79 Å². The molecule has 2 aromatic carbocycles. The van der Waals surface area contributed by atoms with Crippen LogP contribution in [-0.4, -0.2) is 45.3 Å². The monoisotopic (exact) mass is 409 g/mol. The molecule has 1 saturated heterocycles. The summed E-state index contributed by atoms with van der Waals surface area (Å²) in [5.41, 5.74) is 0.165. The molecule has 1 heterocycles. The van der Waals surface area contributed by atoms with E-state index in [-0.39, 0.29) is 11.6 Å². The molecule has 1 fully saturated rings. The van der Waals surface area contributed by atoms with Crippen molar-refractivity contribution in [1.29, 1.82) is 0 Å². The fourth-order valence-electron chi connectivity index (χ4n) is 3.41. The van der Waals surface area contributed by atoms with Gasteiger partial charge >= 0.3 is 6.18 Å². The first-order chi connectivity index (χ1) is 13.9. The number of carbonyl (C=O) groups is 1. The zero-order valence-corrected chi connectivity index (χ0v) is 16.0. The summed E-state index contributed by atoms with van der Waals surface area (Å²) < 4.78 is 44.2. The van der Waals surface area contributed by atoms with Crippen molar-refractivity contribution in [3.05, 3.63) is 65.7 Å². The van der Waals surface area contributed by atoms with E-state index in [1.807, 2.05) is 35.6 Å². The molecule has 4 N–H and O–H groups in total. The molecular weight excluding hydrogens is 383 g/mol. The summed E-state index contributed by atoms with van der Waals surface area (Å²) in [5.74, 6) is -0.340. The number of amides is 1. The van der Waals surface area contributed by atoms with Crippen LogP contribution in [0.1, 0.15) is 17.2 Å². The number of morpholine rings is 1. The second-order valence-electron chi connectivity index (χ2n) is 7.09. The van der Waals surface area contributed by atoms with E-state index in [1.165, 1.54) is 17.0 Å². The minimum atomic E-state index is -4.45. The normalized spacial score (nSPS) is 16.4. The van der Waals surface area contributed by atoms with E-state index >= 15 is 0 Å². The van der Waals surface area contributed by atoms with Gasteiger partial charge in [-0.05, 0) is 18.2 Å². The number of hydrogen-bond acceptors (Lipinski definition) is 2. The largest absolute Gasteiger partial charge is 0.416 e. The van der Waals surface area contributed by atoms with Crippen molar-refractivity contribution in [2.75, 3.05) is 44.7 Å². The van der Waals surface area contributed by atoms with Gasteiger partial charge in [0.1, 0.15) is 26.2 Å². The van der Waals surface area contributed by atoms with Gasteiger partial charge in [0.05, 0.1) is 18.8 Å². The Balaban J connectivity index is 1.67. The number of benzene rings is 2. The summed E-state index contributed by atoms with van der Waals surface area (Å²) in [7, 11) is 0. The van der Waals surface area contributed by atoms with E-state index < -0.39 is 17.8 Å². The number of ether oxygens (including phenoxy) is 1. The molecule has 2 aromatic rings. The quantitative estimate of drug-likeness (QED) is 0.636. The van der Waals surface area contributed by atoms with E-state index in [2.05, 4.69) is 5.32 Å². The molecule has 1 amide bonds. The van der Waals surface area contributed by atoms with E-state index in [4.69, 9.17) is 4.74 Å². The van der Waals surface area contributed by atoms with Crippen LogP contribution in [0.2, 0.25) is 0 Å². The molecule has 0 bridgehead atoms. The molecule has 0 aromatic heterocycles. The highest BCUT2D eigenvalue weighted by Crippen LogP contribution is 2.30. The lowest BCUT2D eigenvalue weighted by molar-refractivity contribution is -0.921. The van der Waals surface area contributed by atoms with Crippen LogP contribution in [0.3, 0.4) is 0 Å². The highest BCUT2D eigenvalue weighted by Gasteiger charge is 2.31. The fourth-order valence-corrected chi connectivity index (χ4v) is 3.41. The average Bonchev–Trinajstić information content (AvgIpc) is 2.72. The molecule has 8 heteroatoms. The standard InChI is InChI=1S/C21H24F3N3O2/c22-21(23,24)17-7-4-8-18(15-17)26-20(28)19(16-5-2-1-3-6-16)25-9-10-27-11-13-29-14-12-27/h1-8,15,19,25H,9-14H2,(H,26,28)/p+2/t19-/m1/s1. The molecule has 1 atom stereocenters. The van der Waals surface area contributed by atoms with Gasteiger partial charge in [-0.1, -0.05) is 36.4 Å². The van der Waals surface area contributed by atoms with Crippen LogP contribution in [-0.2, 0) is 15.7 Å². The summed E-state index contributed by atoms with van der Waals surface area (Å²) in [4.78, 5) is 14.3. The number of hydrogen-bond donors (Lipinski definition) is 3. The number of halogens is 3. The van der Waals surface area contributed by atoms with E-state index in [0.29, 0.717) is 0 Å². The van der Waals surface area contributed by atoms with Crippen LogP contribution < -0.4 is 15.5 Å². The second-order valence-corrected chi connectivity index (χ2v) is 7.09. The van der Waals surface area contributed by atoms with Gasteiger partial charge in [-0.25, -0.2) is 0 Å². The maximum Gasteiger partial charge on any atom is 0.416 e. The van der Waals surface area contributed by atoms with Crippen molar-refractivity contribution in [1.82, 2.24) is 0 Å². The maximum atomic E-state index is 12.9. The Morgan fingerprint density at radius 1 is 1.10 bits per heavy atom. The second kappa shape index (κ2) is 9.87. The van der Waals surface area contributed by atoms with Gasteiger partial charge in [0.2, 0.25) is 0 Å². The average molecular weight is 409 g/mol. The van der Waals surface area contributed by atoms with Crippen molar-refractivity contribution in [2.24, 2.45) is 0 Å². The summed E-state index contributed by atoms with van der Waals surface area (Å²) in [5, 5.41) is 4.59. The Morgan fingerprint density at radius 3 is 2.52 bits per heavy atom. The van der Waals surface area contributed by atoms with Crippen molar-refractivity contribution in [2.45, 2.75) is 12.2 Å². The number of nitrogens with one attached hydrogen (secondary N) is 2. The zero-order chi connectivity index (χ0) is 20.7. The number of nitrogens with two attached hydrogens (primary N) is 1. The van der Waals surface area contributed by atoms with Crippen LogP contribution in [0.4, 0.5) is 18.9 Å². The van der Waals surface area contributed by atoms with Crippen LogP contribution in [0.5, 0.6) is 0 Å². The highest BCUT2D eigenvalue weighted by atomic mass is 19.4. The summed E-state index contributed by atoms with van der Waals surface area (Å²) in [6, 6.07) is 13.4. The van der Waals surface area contributed by atoms with Gasteiger partial charge < -0.3 is 20.3 Å². The Hall–Kier alpha value is -2.42. The minimum absolute atomic E-state index is 0.137. The number of rotatable bonds is 7. The van der Waals surface area contributed by atoms with Crippen LogP contribution in [0, 0.1) is 0 Å². The SMILES string of the molecule is O=C(Nc1cccc(C(F)(F)F)c1)[C@H]([NH2+]CC[NH+]1CCOCC1)c1ccccc1. The Bertz CT molecular complexity index is 793. The first-order valence-electron chi connectivity index (χ1n) is 9.71. The smallest absolute Gasteiger partial charge is 0.370 e. The molecule has 0 radical (unpaired) electrons. The van der Waals surface area contributed by atoms with Gasteiger partial charge in [0.25, 0.3) is 5.91 Å². The molecular formula is C21H26F3N3O2+2. The molecule has 5 nitrogen and oxygen atoms in total. The van der Waals surface area contributed by atoms with Crippen LogP contribution in [0.15, 0.2) is 54.6 Å². The van der Waals surface area contributed by atoms with E-state index in [9.17, 15) is 18.0 Å². The molecule has 3 rings (SSSR count). The number of carbonyl (C=O) groups excluding carboxylic acids is 1. The zero-order valence-electron chi connectivity index (χ0n) is 16.0.